The Morgan fingerprint density at radius 1 is 1.11 bits per heavy atom. The van der Waals surface area contributed by atoms with Gasteiger partial charge in [0, 0.05) is 16.8 Å². The summed E-state index contributed by atoms with van der Waals surface area (Å²) in [5.41, 5.74) is -3.57. The van der Waals surface area contributed by atoms with Crippen LogP contribution in [0.25, 0.3) is 0 Å². The van der Waals surface area contributed by atoms with Crippen LogP contribution >= 0.6 is 0 Å². The molecule has 7 heteroatoms. The van der Waals surface area contributed by atoms with E-state index in [0.29, 0.717) is 11.3 Å². The van der Waals surface area contributed by atoms with E-state index in [2.05, 4.69) is 5.32 Å². The number of hydrogen-bond acceptors (Lipinski definition) is 7. The van der Waals surface area contributed by atoms with Crippen LogP contribution in [-0.4, -0.2) is 34.7 Å². The van der Waals surface area contributed by atoms with Crippen molar-refractivity contribution in [2.45, 2.75) is 24.9 Å². The van der Waals surface area contributed by atoms with Gasteiger partial charge in [0.15, 0.2) is 0 Å². The number of Topliss-reactive ketones (excluding diaryl/α,β-unsaturated/α-hetero) is 1. The third kappa shape index (κ3) is 2.30. The van der Waals surface area contributed by atoms with Gasteiger partial charge < -0.3 is 25.0 Å². The average Bonchev–Trinajstić information content (AvgIpc) is 3.01. The number of ketones is 1. The van der Waals surface area contributed by atoms with E-state index < -0.39 is 23.1 Å². The Morgan fingerprint density at radius 2 is 1.79 bits per heavy atom. The second kappa shape index (κ2) is 6.19. The summed E-state index contributed by atoms with van der Waals surface area (Å²) in [5.74, 6) is -0.950. The van der Waals surface area contributed by atoms with Crippen molar-refractivity contribution in [3.63, 3.8) is 0 Å². The van der Waals surface area contributed by atoms with Crippen molar-refractivity contribution >= 4 is 11.8 Å². The third-order valence-corrected chi connectivity index (χ3v) is 5.25. The molecule has 2 aromatic carbocycles. The fraction of sp³-hybridized carbons (Fsp3) is 0.238. The van der Waals surface area contributed by atoms with Gasteiger partial charge in [0.2, 0.25) is 17.1 Å². The van der Waals surface area contributed by atoms with Crippen molar-refractivity contribution in [2.24, 2.45) is 0 Å². The van der Waals surface area contributed by atoms with Gasteiger partial charge in [-0.05, 0) is 24.6 Å². The molecule has 0 radical (unpaired) electrons. The van der Waals surface area contributed by atoms with Crippen LogP contribution in [-0.2, 0) is 21.9 Å². The molecule has 0 saturated heterocycles. The Labute approximate surface area is 161 Å². The van der Waals surface area contributed by atoms with Crippen LogP contribution < -0.4 is 10.1 Å². The molecule has 2 aliphatic rings. The first kappa shape index (κ1) is 18.2. The first-order valence-corrected chi connectivity index (χ1v) is 8.71. The molecule has 7 nitrogen and oxygen atoms in total. The molecule has 0 aromatic heterocycles. The van der Waals surface area contributed by atoms with Crippen LogP contribution in [0.1, 0.15) is 28.4 Å². The van der Waals surface area contributed by atoms with Gasteiger partial charge in [0.25, 0.3) is 0 Å². The maximum atomic E-state index is 12.9. The van der Waals surface area contributed by atoms with E-state index in [1.807, 2.05) is 0 Å². The highest BCUT2D eigenvalue weighted by Crippen LogP contribution is 2.51. The fourth-order valence-electron chi connectivity index (χ4n) is 3.85. The molecule has 0 fully saturated rings. The highest BCUT2D eigenvalue weighted by molar-refractivity contribution is 6.16. The quantitative estimate of drug-likeness (QED) is 0.688. The van der Waals surface area contributed by atoms with E-state index in [-0.39, 0.29) is 29.0 Å². The number of allylic oxidation sites excluding steroid dienone is 1. The Morgan fingerprint density at radius 3 is 2.46 bits per heavy atom. The summed E-state index contributed by atoms with van der Waals surface area (Å²) in [6.45, 7) is 1.45. The van der Waals surface area contributed by atoms with Crippen LogP contribution in [0.5, 0.6) is 5.75 Å². The van der Waals surface area contributed by atoms with Crippen LogP contribution in [0.2, 0.25) is 0 Å². The number of fused-ring (bicyclic) bond motifs is 3. The molecule has 144 valence electrons. The minimum atomic E-state index is -2.45. The lowest BCUT2D eigenvalue weighted by Crippen LogP contribution is -2.56. The first-order chi connectivity index (χ1) is 13.3. The molecule has 2 atom stereocenters. The lowest BCUT2D eigenvalue weighted by molar-refractivity contribution is -0.148. The molecule has 0 saturated carbocycles. The summed E-state index contributed by atoms with van der Waals surface area (Å²) < 4.78 is 10.4. The van der Waals surface area contributed by atoms with Crippen molar-refractivity contribution in [1.82, 2.24) is 5.32 Å². The lowest BCUT2D eigenvalue weighted by Gasteiger charge is -2.31. The van der Waals surface area contributed by atoms with Gasteiger partial charge >= 0.3 is 5.97 Å². The lowest BCUT2D eigenvalue weighted by atomic mass is 9.85. The summed E-state index contributed by atoms with van der Waals surface area (Å²) in [5, 5.41) is 25.0. The zero-order valence-electron chi connectivity index (χ0n) is 15.4. The van der Waals surface area contributed by atoms with E-state index in [0.717, 1.165) is 0 Å². The topological polar surface area (TPSA) is 105 Å². The Kier molecular flexibility index (Phi) is 4.02. The number of nitrogens with one attached hydrogen (secondary N) is 1. The molecule has 0 amide bonds. The Bertz CT molecular complexity index is 1010. The molecule has 0 bridgehead atoms. The minimum Gasteiger partial charge on any atom is -0.497 e. The zero-order valence-corrected chi connectivity index (χ0v) is 15.4. The predicted molar refractivity (Wildman–Crippen MR) is 98.2 cm³/mol. The summed E-state index contributed by atoms with van der Waals surface area (Å²) >= 11 is 0. The molecule has 1 aliphatic carbocycles. The SMILES string of the molecule is COc1ccc(COC(=O)C2=C(C)N[C@]3(O)c4ccccc4C(=O)[C@]23O)cc1. The van der Waals surface area contributed by atoms with Gasteiger partial charge in [-0.25, -0.2) is 4.79 Å². The summed E-state index contributed by atoms with van der Waals surface area (Å²) in [6.07, 6.45) is 0. The predicted octanol–water partition coefficient (Wildman–Crippen LogP) is 1.39. The van der Waals surface area contributed by atoms with Crippen LogP contribution in [0, 0.1) is 0 Å². The van der Waals surface area contributed by atoms with E-state index in [4.69, 9.17) is 9.47 Å². The number of benzene rings is 2. The second-order valence-electron chi connectivity index (χ2n) is 6.84. The Balaban J connectivity index is 1.62. The zero-order chi connectivity index (χ0) is 20.1. The normalized spacial score (nSPS) is 25.2. The molecule has 3 N–H and O–H groups in total. The highest BCUT2D eigenvalue weighted by Gasteiger charge is 2.70. The first-order valence-electron chi connectivity index (χ1n) is 8.71. The van der Waals surface area contributed by atoms with Crippen molar-refractivity contribution < 1.29 is 29.3 Å². The number of esters is 1. The van der Waals surface area contributed by atoms with Gasteiger partial charge in [0.1, 0.15) is 17.9 Å². The highest BCUT2D eigenvalue weighted by atomic mass is 16.5. The number of methoxy groups -OCH3 is 1. The largest absolute Gasteiger partial charge is 0.497 e. The fourth-order valence-corrected chi connectivity index (χ4v) is 3.85. The third-order valence-electron chi connectivity index (χ3n) is 5.25. The summed E-state index contributed by atoms with van der Waals surface area (Å²) in [6, 6.07) is 13.3. The molecular formula is C21H19NO6. The number of aliphatic hydroxyl groups is 2. The maximum absolute atomic E-state index is 12.9. The van der Waals surface area contributed by atoms with Gasteiger partial charge in [-0.2, -0.15) is 0 Å². The van der Waals surface area contributed by atoms with E-state index in [1.54, 1.807) is 43.5 Å². The number of ether oxygens (including phenoxy) is 2. The van der Waals surface area contributed by atoms with Gasteiger partial charge in [-0.15, -0.1) is 0 Å². The smallest absolute Gasteiger partial charge is 0.339 e. The van der Waals surface area contributed by atoms with E-state index >= 15 is 0 Å². The van der Waals surface area contributed by atoms with Crippen LogP contribution in [0.4, 0.5) is 0 Å². The molecule has 0 unspecified atom stereocenters. The van der Waals surface area contributed by atoms with Crippen molar-refractivity contribution in [1.29, 1.82) is 0 Å². The second-order valence-corrected chi connectivity index (χ2v) is 6.84. The molecule has 4 rings (SSSR count). The average molecular weight is 381 g/mol. The molecular weight excluding hydrogens is 362 g/mol. The Hall–Kier alpha value is -3.16. The number of hydrogen-bond donors (Lipinski definition) is 3. The molecule has 1 aliphatic heterocycles. The summed E-state index contributed by atoms with van der Waals surface area (Å²) in [7, 11) is 1.55. The van der Waals surface area contributed by atoms with Crippen molar-refractivity contribution in [2.75, 3.05) is 7.11 Å². The molecule has 0 spiro atoms. The van der Waals surface area contributed by atoms with Crippen molar-refractivity contribution in [3.05, 3.63) is 76.5 Å². The van der Waals surface area contributed by atoms with Gasteiger partial charge in [-0.1, -0.05) is 36.4 Å². The van der Waals surface area contributed by atoms with E-state index in [9.17, 15) is 19.8 Å². The molecule has 28 heavy (non-hydrogen) atoms. The van der Waals surface area contributed by atoms with Crippen LogP contribution in [0.15, 0.2) is 59.8 Å². The standard InChI is InChI=1S/C21H19NO6/c1-12-17(19(24)28-11-13-7-9-14(27-2)10-8-13)20(25)18(23)15-5-3-4-6-16(15)21(20,26)22-12/h3-10,22,25-26H,11H2,1-2H3/t20-,21+/m1/s1. The monoisotopic (exact) mass is 381 g/mol. The minimum absolute atomic E-state index is 0.0603. The maximum Gasteiger partial charge on any atom is 0.339 e. The number of carbonyl (C=O) groups is 2. The van der Waals surface area contributed by atoms with Gasteiger partial charge in [-0.3, -0.25) is 4.79 Å². The van der Waals surface area contributed by atoms with Crippen molar-refractivity contribution in [3.8, 4) is 5.75 Å². The number of carbonyl (C=O) groups excluding carboxylic acids is 2. The van der Waals surface area contributed by atoms with Crippen LogP contribution in [0.3, 0.4) is 0 Å². The van der Waals surface area contributed by atoms with Gasteiger partial charge in [0.05, 0.1) is 7.11 Å². The van der Waals surface area contributed by atoms with E-state index in [1.165, 1.54) is 19.1 Å². The summed E-state index contributed by atoms with van der Waals surface area (Å²) in [4.78, 5) is 25.7. The molecule has 2 aromatic rings. The number of rotatable bonds is 4. The molecule has 1 heterocycles.